The number of amides is 1. The number of nitrogens with one attached hydrogen (secondary N) is 1. The fraction of sp³-hybridized carbons (Fsp3) is 0.158. The highest BCUT2D eigenvalue weighted by molar-refractivity contribution is 7.99. The van der Waals surface area contributed by atoms with Crippen LogP contribution in [-0.4, -0.2) is 11.1 Å². The van der Waals surface area contributed by atoms with Gasteiger partial charge in [-0.15, -0.1) is 11.8 Å². The maximum atomic E-state index is 12.7. The monoisotopic (exact) mass is 338 g/mol. The van der Waals surface area contributed by atoms with Crippen LogP contribution >= 0.6 is 11.8 Å². The van der Waals surface area contributed by atoms with Crippen LogP contribution in [0.15, 0.2) is 71.3 Å². The number of hydrogen-bond acceptors (Lipinski definition) is 4. The Hall–Kier alpha value is -2.53. The molecule has 0 spiro atoms. The molecule has 5 heteroatoms. The van der Waals surface area contributed by atoms with Crippen LogP contribution in [0.25, 0.3) is 0 Å². The van der Waals surface area contributed by atoms with Crippen molar-refractivity contribution in [1.82, 2.24) is 5.16 Å². The van der Waals surface area contributed by atoms with Crippen LogP contribution in [0.2, 0.25) is 0 Å². The van der Waals surface area contributed by atoms with Crippen molar-refractivity contribution in [2.45, 2.75) is 17.9 Å². The number of thioether (sulfide) groups is 1. The Bertz CT molecular complexity index is 787. The highest BCUT2D eigenvalue weighted by Gasteiger charge is 2.22. The van der Waals surface area contributed by atoms with Gasteiger partial charge in [-0.3, -0.25) is 4.79 Å². The van der Waals surface area contributed by atoms with E-state index in [0.29, 0.717) is 11.6 Å². The number of carbonyl (C=O) groups is 1. The van der Waals surface area contributed by atoms with Gasteiger partial charge in [-0.1, -0.05) is 65.8 Å². The first-order chi connectivity index (χ1) is 11.7. The van der Waals surface area contributed by atoms with Gasteiger partial charge in [0.25, 0.3) is 0 Å². The van der Waals surface area contributed by atoms with Crippen LogP contribution in [0.3, 0.4) is 0 Å². The number of benzene rings is 2. The summed E-state index contributed by atoms with van der Waals surface area (Å²) in [5.74, 6) is 1.76. The van der Waals surface area contributed by atoms with Crippen LogP contribution < -0.4 is 5.32 Å². The lowest BCUT2D eigenvalue weighted by Gasteiger charge is -2.16. The van der Waals surface area contributed by atoms with Crippen LogP contribution in [0, 0.1) is 6.92 Å². The summed E-state index contributed by atoms with van der Waals surface area (Å²) in [5.41, 5.74) is 2.16. The molecular formula is C19H18N2O2S. The van der Waals surface area contributed by atoms with Gasteiger partial charge in [-0.05, 0) is 18.1 Å². The van der Waals surface area contributed by atoms with Crippen LogP contribution in [0.4, 0.5) is 5.82 Å². The Balaban J connectivity index is 1.75. The third-order valence-corrected chi connectivity index (χ3v) is 4.80. The zero-order valence-corrected chi connectivity index (χ0v) is 14.1. The molecule has 3 aromatic rings. The smallest absolute Gasteiger partial charge is 0.243 e. The van der Waals surface area contributed by atoms with E-state index in [-0.39, 0.29) is 11.2 Å². The molecule has 2 aromatic carbocycles. The van der Waals surface area contributed by atoms with E-state index in [4.69, 9.17) is 4.52 Å². The van der Waals surface area contributed by atoms with Crippen molar-refractivity contribution >= 4 is 23.5 Å². The SMILES string of the molecule is Cc1cc(NC(=O)[C@H](SCc2ccccc2)c2ccccc2)no1. The van der Waals surface area contributed by atoms with Crippen molar-refractivity contribution in [3.8, 4) is 0 Å². The summed E-state index contributed by atoms with van der Waals surface area (Å²) >= 11 is 1.59. The van der Waals surface area contributed by atoms with E-state index in [9.17, 15) is 4.79 Å². The van der Waals surface area contributed by atoms with Crippen molar-refractivity contribution in [3.05, 3.63) is 83.6 Å². The number of anilines is 1. The summed E-state index contributed by atoms with van der Waals surface area (Å²) in [6.07, 6.45) is 0. The molecule has 0 saturated heterocycles. The Labute approximate surface area is 145 Å². The molecule has 0 bridgehead atoms. The van der Waals surface area contributed by atoms with Gasteiger partial charge in [0, 0.05) is 11.8 Å². The summed E-state index contributed by atoms with van der Waals surface area (Å²) in [7, 11) is 0. The molecule has 0 radical (unpaired) electrons. The van der Waals surface area contributed by atoms with Gasteiger partial charge in [0.15, 0.2) is 5.82 Å². The van der Waals surface area contributed by atoms with Crippen LogP contribution in [0.1, 0.15) is 22.1 Å². The molecule has 4 nitrogen and oxygen atoms in total. The number of aryl methyl sites for hydroxylation is 1. The minimum Gasteiger partial charge on any atom is -0.360 e. The highest BCUT2D eigenvalue weighted by Crippen LogP contribution is 2.32. The molecule has 122 valence electrons. The first kappa shape index (κ1) is 16.3. The van der Waals surface area contributed by atoms with Gasteiger partial charge < -0.3 is 9.84 Å². The maximum Gasteiger partial charge on any atom is 0.243 e. The lowest BCUT2D eigenvalue weighted by Crippen LogP contribution is -2.19. The summed E-state index contributed by atoms with van der Waals surface area (Å²) in [4.78, 5) is 12.7. The summed E-state index contributed by atoms with van der Waals surface area (Å²) < 4.78 is 5.01. The minimum atomic E-state index is -0.316. The molecular weight excluding hydrogens is 320 g/mol. The van der Waals surface area contributed by atoms with E-state index in [1.807, 2.05) is 48.5 Å². The molecule has 1 atom stereocenters. The largest absolute Gasteiger partial charge is 0.360 e. The summed E-state index contributed by atoms with van der Waals surface area (Å²) in [6, 6.07) is 21.6. The molecule has 1 amide bonds. The van der Waals surface area contributed by atoms with E-state index >= 15 is 0 Å². The Morgan fingerprint density at radius 1 is 1.12 bits per heavy atom. The lowest BCUT2D eigenvalue weighted by molar-refractivity contribution is -0.115. The van der Waals surface area contributed by atoms with E-state index in [1.54, 1.807) is 24.8 Å². The number of rotatable bonds is 6. The van der Waals surface area contributed by atoms with E-state index < -0.39 is 0 Å². The highest BCUT2D eigenvalue weighted by atomic mass is 32.2. The zero-order chi connectivity index (χ0) is 16.8. The molecule has 0 aliphatic rings. The number of nitrogens with zero attached hydrogens (tertiary/aromatic N) is 1. The molecule has 24 heavy (non-hydrogen) atoms. The van der Waals surface area contributed by atoms with Gasteiger partial charge in [0.1, 0.15) is 11.0 Å². The van der Waals surface area contributed by atoms with E-state index in [0.717, 1.165) is 11.3 Å². The Kier molecular flexibility index (Phi) is 5.33. The van der Waals surface area contributed by atoms with E-state index in [1.165, 1.54) is 5.56 Å². The molecule has 1 N–H and O–H groups in total. The molecule has 1 aromatic heterocycles. The molecule has 0 unspecified atom stereocenters. The average molecular weight is 338 g/mol. The molecule has 1 heterocycles. The standard InChI is InChI=1S/C19H18N2O2S/c1-14-12-17(21-23-14)20-19(22)18(16-10-6-3-7-11-16)24-13-15-8-4-2-5-9-15/h2-12,18H,13H2,1H3,(H,20,21,22)/t18-/m1/s1. The summed E-state index contributed by atoms with van der Waals surface area (Å²) in [6.45, 7) is 1.79. The third kappa shape index (κ3) is 4.26. The predicted octanol–water partition coefficient (Wildman–Crippen LogP) is 4.60. The van der Waals surface area contributed by atoms with Gasteiger partial charge >= 0.3 is 0 Å². The lowest BCUT2D eigenvalue weighted by atomic mass is 10.1. The second-order valence-corrected chi connectivity index (χ2v) is 6.49. The number of carbonyl (C=O) groups excluding carboxylic acids is 1. The maximum absolute atomic E-state index is 12.7. The molecule has 3 rings (SSSR count). The first-order valence-electron chi connectivity index (χ1n) is 7.67. The third-order valence-electron chi connectivity index (χ3n) is 3.48. The van der Waals surface area contributed by atoms with Gasteiger partial charge in [-0.25, -0.2) is 0 Å². The average Bonchev–Trinajstić information content (AvgIpc) is 3.02. The fourth-order valence-electron chi connectivity index (χ4n) is 2.32. The van der Waals surface area contributed by atoms with Crippen molar-refractivity contribution in [3.63, 3.8) is 0 Å². The van der Waals surface area contributed by atoms with E-state index in [2.05, 4.69) is 22.6 Å². The Morgan fingerprint density at radius 2 is 1.79 bits per heavy atom. The van der Waals surface area contributed by atoms with Crippen LogP contribution in [-0.2, 0) is 10.5 Å². The topological polar surface area (TPSA) is 55.1 Å². The fourth-order valence-corrected chi connectivity index (χ4v) is 3.43. The van der Waals surface area contributed by atoms with Crippen molar-refractivity contribution in [2.24, 2.45) is 0 Å². The Morgan fingerprint density at radius 3 is 2.42 bits per heavy atom. The van der Waals surface area contributed by atoms with Crippen molar-refractivity contribution in [2.75, 3.05) is 5.32 Å². The summed E-state index contributed by atoms with van der Waals surface area (Å²) in [5, 5.41) is 6.35. The number of hydrogen-bond donors (Lipinski definition) is 1. The van der Waals surface area contributed by atoms with Gasteiger partial charge in [0.2, 0.25) is 5.91 Å². The minimum absolute atomic E-state index is 0.101. The van der Waals surface area contributed by atoms with Gasteiger partial charge in [0.05, 0.1) is 0 Å². The zero-order valence-electron chi connectivity index (χ0n) is 13.3. The van der Waals surface area contributed by atoms with Gasteiger partial charge in [-0.2, -0.15) is 0 Å². The predicted molar refractivity (Wildman–Crippen MR) is 96.8 cm³/mol. The molecule has 0 aliphatic carbocycles. The van der Waals surface area contributed by atoms with Crippen molar-refractivity contribution in [1.29, 1.82) is 0 Å². The molecule has 0 saturated carbocycles. The second-order valence-electron chi connectivity index (χ2n) is 5.40. The normalized spacial score (nSPS) is 11.9. The first-order valence-corrected chi connectivity index (χ1v) is 8.72. The van der Waals surface area contributed by atoms with Crippen molar-refractivity contribution < 1.29 is 9.32 Å². The quantitative estimate of drug-likeness (QED) is 0.714. The van der Waals surface area contributed by atoms with Crippen LogP contribution in [0.5, 0.6) is 0 Å². The molecule has 0 fully saturated rings. The second kappa shape index (κ2) is 7.84. The molecule has 0 aliphatic heterocycles. The number of aromatic nitrogens is 1.